The fraction of sp³-hybridized carbons (Fsp3) is 0.400. The van der Waals surface area contributed by atoms with Gasteiger partial charge in [0.05, 0.1) is 18.7 Å². The van der Waals surface area contributed by atoms with Crippen LogP contribution in [0.1, 0.15) is 25.5 Å². The lowest BCUT2D eigenvalue weighted by atomic mass is 10.0. The highest BCUT2D eigenvalue weighted by atomic mass is 16.5. The molecular weight excluding hydrogens is 166 g/mol. The highest BCUT2D eigenvalue weighted by molar-refractivity contribution is 5.82. The smallest absolute Gasteiger partial charge is 0.213 e. The number of hydrogen-bond acceptors (Lipinski definition) is 3. The topological polar surface area (TPSA) is 39.2 Å². The minimum absolute atomic E-state index is 0.112. The summed E-state index contributed by atoms with van der Waals surface area (Å²) in [7, 11) is 1.56. The minimum atomic E-state index is -0.157. The predicted molar refractivity (Wildman–Crippen MR) is 49.9 cm³/mol. The Hall–Kier alpha value is -1.38. The third-order valence-corrected chi connectivity index (χ3v) is 2.01. The van der Waals surface area contributed by atoms with Crippen LogP contribution in [0.2, 0.25) is 0 Å². The van der Waals surface area contributed by atoms with Crippen molar-refractivity contribution in [2.24, 2.45) is 0 Å². The van der Waals surface area contributed by atoms with Gasteiger partial charge < -0.3 is 4.74 Å². The number of carbonyl (C=O) groups is 1. The van der Waals surface area contributed by atoms with Crippen LogP contribution in [-0.4, -0.2) is 17.9 Å². The molecule has 1 aromatic rings. The molecule has 1 heterocycles. The molecule has 0 aliphatic heterocycles. The van der Waals surface area contributed by atoms with Crippen LogP contribution >= 0.6 is 0 Å². The van der Waals surface area contributed by atoms with E-state index in [0.717, 1.165) is 5.69 Å². The molecule has 0 N–H and O–H groups in total. The third-order valence-electron chi connectivity index (χ3n) is 2.01. The van der Waals surface area contributed by atoms with Crippen LogP contribution in [0, 0.1) is 0 Å². The number of Topliss-reactive ketones (excluding diaryl/α,β-unsaturated/α-hetero) is 1. The zero-order valence-electron chi connectivity index (χ0n) is 8.07. The molecule has 1 atom stereocenters. The average molecular weight is 179 g/mol. The maximum atomic E-state index is 11.1. The van der Waals surface area contributed by atoms with Gasteiger partial charge in [-0.05, 0) is 19.9 Å². The molecule has 3 nitrogen and oxygen atoms in total. The number of rotatable bonds is 3. The normalized spacial score (nSPS) is 12.2. The summed E-state index contributed by atoms with van der Waals surface area (Å²) < 4.78 is 4.96. The van der Waals surface area contributed by atoms with Gasteiger partial charge in [0.1, 0.15) is 5.78 Å². The van der Waals surface area contributed by atoms with E-state index in [9.17, 15) is 4.79 Å². The number of carbonyl (C=O) groups excluding carboxylic acids is 1. The molecule has 0 spiro atoms. The van der Waals surface area contributed by atoms with E-state index in [-0.39, 0.29) is 11.7 Å². The number of methoxy groups -OCH3 is 1. The minimum Gasteiger partial charge on any atom is -0.481 e. The first kappa shape index (κ1) is 9.71. The first-order chi connectivity index (χ1) is 6.15. The molecule has 0 radical (unpaired) electrons. The Morgan fingerprint density at radius 2 is 2.23 bits per heavy atom. The van der Waals surface area contributed by atoms with Crippen molar-refractivity contribution in [3.8, 4) is 5.88 Å². The average Bonchev–Trinajstić information content (AvgIpc) is 2.16. The van der Waals surface area contributed by atoms with Gasteiger partial charge in [-0.15, -0.1) is 0 Å². The molecule has 0 saturated heterocycles. The van der Waals surface area contributed by atoms with E-state index in [1.165, 1.54) is 0 Å². The lowest BCUT2D eigenvalue weighted by Crippen LogP contribution is -2.06. The molecule has 0 fully saturated rings. The fourth-order valence-electron chi connectivity index (χ4n) is 0.994. The lowest BCUT2D eigenvalue weighted by molar-refractivity contribution is -0.118. The van der Waals surface area contributed by atoms with E-state index < -0.39 is 0 Å². The summed E-state index contributed by atoms with van der Waals surface area (Å²) in [4.78, 5) is 15.2. The van der Waals surface area contributed by atoms with Crippen molar-refractivity contribution in [1.82, 2.24) is 4.98 Å². The van der Waals surface area contributed by atoms with Gasteiger partial charge in [-0.3, -0.25) is 4.79 Å². The van der Waals surface area contributed by atoms with Gasteiger partial charge in [-0.25, -0.2) is 4.98 Å². The Morgan fingerprint density at radius 1 is 1.54 bits per heavy atom. The quantitative estimate of drug-likeness (QED) is 0.710. The van der Waals surface area contributed by atoms with Gasteiger partial charge in [0, 0.05) is 6.07 Å². The van der Waals surface area contributed by atoms with Crippen molar-refractivity contribution < 1.29 is 9.53 Å². The number of pyridine rings is 1. The molecule has 0 bridgehead atoms. The van der Waals surface area contributed by atoms with E-state index >= 15 is 0 Å². The Kier molecular flexibility index (Phi) is 3.01. The zero-order valence-corrected chi connectivity index (χ0v) is 8.07. The molecule has 70 valence electrons. The number of ether oxygens (including phenoxy) is 1. The van der Waals surface area contributed by atoms with Crippen molar-refractivity contribution in [1.29, 1.82) is 0 Å². The Bertz CT molecular complexity index is 310. The van der Waals surface area contributed by atoms with Crippen molar-refractivity contribution in [2.45, 2.75) is 19.8 Å². The molecule has 0 aliphatic carbocycles. The summed E-state index contributed by atoms with van der Waals surface area (Å²) in [6.45, 7) is 3.40. The Balaban J connectivity index is 2.94. The molecule has 0 amide bonds. The predicted octanol–water partition coefficient (Wildman–Crippen LogP) is 1.78. The number of hydrogen-bond donors (Lipinski definition) is 0. The Morgan fingerprint density at radius 3 is 2.77 bits per heavy atom. The maximum absolute atomic E-state index is 11.1. The van der Waals surface area contributed by atoms with Crippen LogP contribution in [0.15, 0.2) is 18.2 Å². The summed E-state index contributed by atoms with van der Waals surface area (Å²) in [5.41, 5.74) is 0.756. The van der Waals surface area contributed by atoms with Crippen LogP contribution in [0.25, 0.3) is 0 Å². The highest BCUT2D eigenvalue weighted by Gasteiger charge is 2.11. The van der Waals surface area contributed by atoms with Gasteiger partial charge in [0.2, 0.25) is 5.88 Å². The van der Waals surface area contributed by atoms with Crippen LogP contribution in [0.3, 0.4) is 0 Å². The molecule has 1 rings (SSSR count). The zero-order chi connectivity index (χ0) is 9.84. The molecule has 13 heavy (non-hydrogen) atoms. The second-order valence-electron chi connectivity index (χ2n) is 2.94. The van der Waals surface area contributed by atoms with Crippen molar-refractivity contribution in [2.75, 3.05) is 7.11 Å². The number of ketones is 1. The van der Waals surface area contributed by atoms with Crippen LogP contribution in [-0.2, 0) is 4.79 Å². The standard InChI is InChI=1S/C10H13NO2/c1-7(8(2)12)9-5-4-6-10(11-9)13-3/h4-7H,1-3H3. The first-order valence-corrected chi connectivity index (χ1v) is 4.16. The summed E-state index contributed by atoms with van der Waals surface area (Å²) in [5, 5.41) is 0. The van der Waals surface area contributed by atoms with Crippen LogP contribution in [0.5, 0.6) is 5.88 Å². The molecule has 3 heteroatoms. The SMILES string of the molecule is COc1cccc(C(C)C(C)=O)n1. The second-order valence-corrected chi connectivity index (χ2v) is 2.94. The first-order valence-electron chi connectivity index (χ1n) is 4.16. The summed E-state index contributed by atoms with van der Waals surface area (Å²) >= 11 is 0. The van der Waals surface area contributed by atoms with E-state index in [2.05, 4.69) is 4.98 Å². The molecule has 1 unspecified atom stereocenters. The summed E-state index contributed by atoms with van der Waals surface area (Å²) in [6, 6.07) is 5.42. The third kappa shape index (κ3) is 2.28. The molecular formula is C10H13NO2. The van der Waals surface area contributed by atoms with Gasteiger partial charge >= 0.3 is 0 Å². The van der Waals surface area contributed by atoms with Crippen molar-refractivity contribution in [3.63, 3.8) is 0 Å². The van der Waals surface area contributed by atoms with Gasteiger partial charge in [-0.1, -0.05) is 6.07 Å². The molecule has 0 saturated carbocycles. The maximum Gasteiger partial charge on any atom is 0.213 e. The molecule has 0 aliphatic rings. The largest absolute Gasteiger partial charge is 0.481 e. The van der Waals surface area contributed by atoms with E-state index in [0.29, 0.717) is 5.88 Å². The number of nitrogens with zero attached hydrogens (tertiary/aromatic N) is 1. The monoisotopic (exact) mass is 179 g/mol. The van der Waals surface area contributed by atoms with E-state index in [4.69, 9.17) is 4.74 Å². The van der Waals surface area contributed by atoms with Gasteiger partial charge in [0.15, 0.2) is 0 Å². The summed E-state index contributed by atoms with van der Waals surface area (Å²) in [5.74, 6) is 0.501. The fourth-order valence-corrected chi connectivity index (χ4v) is 0.994. The van der Waals surface area contributed by atoms with Gasteiger partial charge in [-0.2, -0.15) is 0 Å². The Labute approximate surface area is 77.8 Å². The van der Waals surface area contributed by atoms with Crippen molar-refractivity contribution >= 4 is 5.78 Å². The van der Waals surface area contributed by atoms with E-state index in [1.807, 2.05) is 19.1 Å². The van der Waals surface area contributed by atoms with Crippen LogP contribution in [0.4, 0.5) is 0 Å². The van der Waals surface area contributed by atoms with Crippen LogP contribution < -0.4 is 4.74 Å². The highest BCUT2D eigenvalue weighted by Crippen LogP contribution is 2.16. The van der Waals surface area contributed by atoms with E-state index in [1.54, 1.807) is 20.1 Å². The van der Waals surface area contributed by atoms with Crippen molar-refractivity contribution in [3.05, 3.63) is 23.9 Å². The summed E-state index contributed by atoms with van der Waals surface area (Å²) in [6.07, 6.45) is 0. The number of aromatic nitrogens is 1. The lowest BCUT2D eigenvalue weighted by Gasteiger charge is -2.07. The second kappa shape index (κ2) is 4.03. The van der Waals surface area contributed by atoms with Gasteiger partial charge in [0.25, 0.3) is 0 Å². The molecule has 0 aromatic carbocycles. The molecule has 1 aromatic heterocycles.